The van der Waals surface area contributed by atoms with Gasteiger partial charge in [-0.3, -0.25) is 9.97 Å². The van der Waals surface area contributed by atoms with Crippen LogP contribution in [0.2, 0.25) is 0 Å². The molecular formula is C17H15N3O4S. The summed E-state index contributed by atoms with van der Waals surface area (Å²) in [5, 5.41) is 5.04. The van der Waals surface area contributed by atoms with E-state index in [-0.39, 0.29) is 11.5 Å². The fraction of sp³-hybridized carbons (Fsp3) is 0.118. The number of esters is 1. The zero-order valence-electron chi connectivity index (χ0n) is 13.1. The smallest absolute Gasteiger partial charge is 0.338 e. The first-order chi connectivity index (χ1) is 11.9. The van der Waals surface area contributed by atoms with Crippen molar-refractivity contribution in [2.75, 3.05) is 6.61 Å². The minimum Gasteiger partial charge on any atom is -0.462 e. The minimum atomic E-state index is -3.70. The second-order valence-electron chi connectivity index (χ2n) is 5.33. The van der Waals surface area contributed by atoms with Crippen LogP contribution in [-0.2, 0) is 21.2 Å². The van der Waals surface area contributed by atoms with E-state index in [2.05, 4.69) is 9.97 Å². The topological polar surface area (TPSA) is 112 Å². The average molecular weight is 357 g/mol. The fourth-order valence-electron chi connectivity index (χ4n) is 2.28. The number of benzene rings is 2. The molecule has 0 aliphatic heterocycles. The molecule has 0 saturated heterocycles. The van der Waals surface area contributed by atoms with Crippen LogP contribution in [0.15, 0.2) is 59.8 Å². The van der Waals surface area contributed by atoms with Gasteiger partial charge < -0.3 is 4.74 Å². The number of ether oxygens (including phenoxy) is 1. The van der Waals surface area contributed by atoms with Gasteiger partial charge in [0.2, 0.25) is 10.0 Å². The number of carbonyl (C=O) groups is 1. The molecule has 2 N–H and O–H groups in total. The van der Waals surface area contributed by atoms with Crippen molar-refractivity contribution in [2.45, 2.75) is 11.3 Å². The minimum absolute atomic E-state index is 0.0468. The molecule has 0 bridgehead atoms. The zero-order chi connectivity index (χ0) is 17.9. The fourth-order valence-corrected chi connectivity index (χ4v) is 2.80. The van der Waals surface area contributed by atoms with Gasteiger partial charge in [-0.15, -0.1) is 0 Å². The summed E-state index contributed by atoms with van der Waals surface area (Å²) in [5.41, 5.74) is 2.56. The molecule has 0 aliphatic carbocycles. The summed E-state index contributed by atoms with van der Waals surface area (Å²) in [7, 11) is -3.70. The third-order valence-electron chi connectivity index (χ3n) is 3.58. The van der Waals surface area contributed by atoms with Gasteiger partial charge in [-0.25, -0.2) is 18.4 Å². The Hall–Kier alpha value is -2.84. The number of nitrogens with two attached hydrogens (primary N) is 1. The van der Waals surface area contributed by atoms with Crippen molar-refractivity contribution in [3.63, 3.8) is 0 Å². The van der Waals surface area contributed by atoms with E-state index in [1.54, 1.807) is 42.7 Å². The predicted molar refractivity (Wildman–Crippen MR) is 91.3 cm³/mol. The van der Waals surface area contributed by atoms with Crippen LogP contribution >= 0.6 is 0 Å². The van der Waals surface area contributed by atoms with Crippen LogP contribution in [0.1, 0.15) is 15.9 Å². The lowest BCUT2D eigenvalue weighted by molar-refractivity contribution is 0.0509. The summed E-state index contributed by atoms with van der Waals surface area (Å²) in [5.74, 6) is -0.450. The molecule has 128 valence electrons. The van der Waals surface area contributed by atoms with Gasteiger partial charge in [0, 0.05) is 18.8 Å². The second kappa shape index (κ2) is 6.96. The number of primary sulfonamides is 1. The van der Waals surface area contributed by atoms with E-state index in [0.29, 0.717) is 23.0 Å². The Morgan fingerprint density at radius 3 is 2.36 bits per heavy atom. The van der Waals surface area contributed by atoms with Crippen molar-refractivity contribution in [3.05, 3.63) is 66.0 Å². The molecule has 3 aromatic rings. The number of aromatic nitrogens is 2. The molecule has 1 heterocycles. The molecule has 0 unspecified atom stereocenters. The molecule has 0 saturated carbocycles. The number of nitrogens with zero attached hydrogens (tertiary/aromatic N) is 2. The highest BCUT2D eigenvalue weighted by atomic mass is 32.2. The van der Waals surface area contributed by atoms with Gasteiger partial charge in [0.05, 0.1) is 28.1 Å². The Kier molecular flexibility index (Phi) is 4.73. The Bertz CT molecular complexity index is 1020. The Balaban J connectivity index is 1.60. The largest absolute Gasteiger partial charge is 0.462 e. The number of rotatable bonds is 5. The molecule has 0 radical (unpaired) electrons. The van der Waals surface area contributed by atoms with Crippen LogP contribution in [0.25, 0.3) is 11.0 Å². The monoisotopic (exact) mass is 357 g/mol. The molecule has 0 amide bonds. The summed E-state index contributed by atoms with van der Waals surface area (Å²) < 4.78 is 27.6. The number of sulfonamides is 1. The number of fused-ring (bicyclic) bond motifs is 1. The van der Waals surface area contributed by atoms with Gasteiger partial charge in [0.15, 0.2) is 0 Å². The second-order valence-corrected chi connectivity index (χ2v) is 6.90. The lowest BCUT2D eigenvalue weighted by Gasteiger charge is -2.06. The van der Waals surface area contributed by atoms with Crippen LogP contribution in [0.5, 0.6) is 0 Å². The van der Waals surface area contributed by atoms with Gasteiger partial charge in [-0.1, -0.05) is 12.1 Å². The summed E-state index contributed by atoms with van der Waals surface area (Å²) >= 11 is 0. The van der Waals surface area contributed by atoms with E-state index >= 15 is 0 Å². The van der Waals surface area contributed by atoms with Crippen LogP contribution in [-0.4, -0.2) is 31.0 Å². The molecular weight excluding hydrogens is 342 g/mol. The predicted octanol–water partition coefficient (Wildman–Crippen LogP) is 1.68. The van der Waals surface area contributed by atoms with Crippen molar-refractivity contribution in [1.29, 1.82) is 0 Å². The van der Waals surface area contributed by atoms with Crippen LogP contribution in [0, 0.1) is 0 Å². The summed E-state index contributed by atoms with van der Waals surface area (Å²) in [6.07, 6.45) is 3.61. The molecule has 7 nitrogen and oxygen atoms in total. The number of hydrogen-bond acceptors (Lipinski definition) is 6. The van der Waals surface area contributed by atoms with E-state index in [4.69, 9.17) is 9.88 Å². The highest BCUT2D eigenvalue weighted by molar-refractivity contribution is 7.89. The van der Waals surface area contributed by atoms with Gasteiger partial charge in [0.1, 0.15) is 0 Å². The molecule has 3 rings (SSSR count). The first-order valence-electron chi connectivity index (χ1n) is 7.43. The average Bonchev–Trinajstić information content (AvgIpc) is 2.61. The first kappa shape index (κ1) is 17.0. The van der Waals surface area contributed by atoms with Gasteiger partial charge >= 0.3 is 5.97 Å². The lowest BCUT2D eigenvalue weighted by Crippen LogP contribution is -2.12. The van der Waals surface area contributed by atoms with Crippen LogP contribution in [0.4, 0.5) is 0 Å². The highest BCUT2D eigenvalue weighted by Gasteiger charge is 2.10. The van der Waals surface area contributed by atoms with Gasteiger partial charge in [-0.2, -0.15) is 0 Å². The normalized spacial score (nSPS) is 11.4. The molecule has 25 heavy (non-hydrogen) atoms. The molecule has 0 fully saturated rings. The van der Waals surface area contributed by atoms with Crippen LogP contribution in [0.3, 0.4) is 0 Å². The first-order valence-corrected chi connectivity index (χ1v) is 8.98. The van der Waals surface area contributed by atoms with Gasteiger partial charge in [0.25, 0.3) is 0 Å². The third-order valence-corrected chi connectivity index (χ3v) is 4.51. The van der Waals surface area contributed by atoms with Crippen molar-refractivity contribution >= 4 is 27.0 Å². The quantitative estimate of drug-likeness (QED) is 0.695. The maximum atomic E-state index is 12.1. The van der Waals surface area contributed by atoms with E-state index in [1.807, 2.05) is 0 Å². The summed E-state index contributed by atoms with van der Waals surface area (Å²) in [6, 6.07) is 11.1. The zero-order valence-corrected chi connectivity index (χ0v) is 13.9. The Labute approximate surface area is 144 Å². The van der Waals surface area contributed by atoms with Crippen LogP contribution < -0.4 is 5.14 Å². The van der Waals surface area contributed by atoms with E-state index < -0.39 is 16.0 Å². The maximum absolute atomic E-state index is 12.1. The highest BCUT2D eigenvalue weighted by Crippen LogP contribution is 2.13. The summed E-state index contributed by atoms with van der Waals surface area (Å²) in [4.78, 5) is 20.4. The Morgan fingerprint density at radius 2 is 1.68 bits per heavy atom. The molecule has 0 aliphatic rings. The number of hydrogen-bond donors (Lipinski definition) is 1. The lowest BCUT2D eigenvalue weighted by atomic mass is 10.1. The van der Waals surface area contributed by atoms with Crippen molar-refractivity contribution in [2.24, 2.45) is 5.14 Å². The molecule has 0 atom stereocenters. The molecule has 1 aromatic heterocycles. The molecule has 8 heteroatoms. The Morgan fingerprint density at radius 1 is 1.00 bits per heavy atom. The van der Waals surface area contributed by atoms with E-state index in [0.717, 1.165) is 5.56 Å². The maximum Gasteiger partial charge on any atom is 0.338 e. The summed E-state index contributed by atoms with van der Waals surface area (Å²) in [6.45, 7) is 0.173. The SMILES string of the molecule is NS(=O)(=O)c1ccc(CCOC(=O)c2ccc3nccnc3c2)cc1. The van der Waals surface area contributed by atoms with Crippen molar-refractivity contribution in [1.82, 2.24) is 9.97 Å². The van der Waals surface area contributed by atoms with Crippen molar-refractivity contribution in [3.8, 4) is 0 Å². The molecule has 0 spiro atoms. The number of carbonyl (C=O) groups excluding carboxylic acids is 1. The standard InChI is InChI=1S/C17H15N3O4S/c18-25(22,23)14-4-1-12(2-5-14)7-10-24-17(21)13-3-6-15-16(11-13)20-9-8-19-15/h1-6,8-9,11H,7,10H2,(H2,18,22,23). The third kappa shape index (κ3) is 4.17. The van der Waals surface area contributed by atoms with E-state index in [9.17, 15) is 13.2 Å². The van der Waals surface area contributed by atoms with Gasteiger partial charge in [-0.05, 0) is 35.9 Å². The van der Waals surface area contributed by atoms with E-state index in [1.165, 1.54) is 12.1 Å². The molecule has 2 aromatic carbocycles. The van der Waals surface area contributed by atoms with Crippen molar-refractivity contribution < 1.29 is 17.9 Å².